The Hall–Kier alpha value is -0.430. The van der Waals surface area contributed by atoms with Crippen LogP contribution in [0.5, 0.6) is 0 Å². The van der Waals surface area contributed by atoms with E-state index in [0.717, 1.165) is 12.6 Å². The Balaban J connectivity index is 2.38. The lowest BCUT2D eigenvalue weighted by Gasteiger charge is -2.03. The molecular weight excluding hydrogens is 219 g/mol. The molecule has 0 amide bonds. The number of hydrogen-bond donors (Lipinski definition) is 1. The molecule has 3 heteroatoms. The van der Waals surface area contributed by atoms with Gasteiger partial charge in [-0.1, -0.05) is 37.6 Å². The van der Waals surface area contributed by atoms with E-state index in [9.17, 15) is 4.89 Å². The summed E-state index contributed by atoms with van der Waals surface area (Å²) in [7, 11) is 0.0211. The van der Waals surface area contributed by atoms with Gasteiger partial charge >= 0.3 is 0 Å². The summed E-state index contributed by atoms with van der Waals surface area (Å²) in [6.45, 7) is 2.21. The molecule has 0 aliphatic carbocycles. The molecular formula is C13H22O2P+. The molecule has 0 radical (unpaired) electrons. The van der Waals surface area contributed by atoms with Crippen LogP contribution in [0.4, 0.5) is 0 Å². The number of aryl methyl sites for hydroxylation is 2. The summed E-state index contributed by atoms with van der Waals surface area (Å²) in [4.78, 5) is 9.37. The zero-order valence-corrected chi connectivity index (χ0v) is 11.2. The molecule has 1 N–H and O–H groups in total. The zero-order valence-electron chi connectivity index (χ0n) is 10.2. The van der Waals surface area contributed by atoms with Crippen molar-refractivity contribution in [1.29, 1.82) is 0 Å². The summed E-state index contributed by atoms with van der Waals surface area (Å²) < 4.78 is 4.91. The first kappa shape index (κ1) is 13.6. The van der Waals surface area contributed by atoms with Gasteiger partial charge in [-0.15, -0.1) is 0 Å². The molecule has 1 aromatic rings. The highest BCUT2D eigenvalue weighted by Crippen LogP contribution is 2.30. The molecule has 0 bridgehead atoms. The van der Waals surface area contributed by atoms with E-state index in [-0.39, 0.29) is 0 Å². The van der Waals surface area contributed by atoms with E-state index in [4.69, 9.17) is 4.52 Å². The van der Waals surface area contributed by atoms with Gasteiger partial charge in [-0.3, -0.25) is 0 Å². The maximum Gasteiger partial charge on any atom is 0.259 e. The average Bonchev–Trinajstić information content (AvgIpc) is 2.34. The second kappa shape index (κ2) is 7.78. The molecule has 16 heavy (non-hydrogen) atoms. The maximum atomic E-state index is 9.37. The quantitative estimate of drug-likeness (QED) is 0.742. The fourth-order valence-corrected chi connectivity index (χ4v) is 2.31. The predicted molar refractivity (Wildman–Crippen MR) is 71.2 cm³/mol. The van der Waals surface area contributed by atoms with Gasteiger partial charge in [-0.05, 0) is 24.0 Å². The minimum Gasteiger partial charge on any atom is -0.223 e. The Kier molecular flexibility index (Phi) is 6.63. The zero-order chi connectivity index (χ0) is 11.8. The van der Waals surface area contributed by atoms with Crippen LogP contribution in [0.2, 0.25) is 0 Å². The topological polar surface area (TPSA) is 29.5 Å². The molecule has 2 nitrogen and oxygen atoms in total. The van der Waals surface area contributed by atoms with Crippen LogP contribution in [0, 0.1) is 0 Å². The molecule has 0 saturated heterocycles. The molecule has 1 unspecified atom stereocenters. The van der Waals surface area contributed by atoms with E-state index in [1.807, 2.05) is 0 Å². The maximum absolute atomic E-state index is 9.37. The Morgan fingerprint density at radius 3 is 2.19 bits per heavy atom. The lowest BCUT2D eigenvalue weighted by Crippen LogP contribution is -1.93. The van der Waals surface area contributed by atoms with Gasteiger partial charge in [0.15, 0.2) is 0 Å². The molecule has 0 aliphatic heterocycles. The van der Waals surface area contributed by atoms with E-state index < -0.39 is 8.38 Å². The van der Waals surface area contributed by atoms with Crippen LogP contribution in [0.3, 0.4) is 0 Å². The van der Waals surface area contributed by atoms with Crippen LogP contribution in [0.1, 0.15) is 30.9 Å². The smallest absolute Gasteiger partial charge is 0.223 e. The molecule has 1 rings (SSSR count). The van der Waals surface area contributed by atoms with Gasteiger partial charge in [-0.25, -0.2) is 9.42 Å². The lowest BCUT2D eigenvalue weighted by atomic mass is 10.1. The van der Waals surface area contributed by atoms with Crippen molar-refractivity contribution in [3.05, 3.63) is 35.4 Å². The van der Waals surface area contributed by atoms with Crippen molar-refractivity contribution in [2.24, 2.45) is 0 Å². The first-order valence-corrected chi connectivity index (χ1v) is 7.49. The minimum atomic E-state index is -1.55. The van der Waals surface area contributed by atoms with Gasteiger partial charge in [0.1, 0.15) is 6.16 Å². The second-order valence-electron chi connectivity index (χ2n) is 4.02. The number of hydrogen-bond acceptors (Lipinski definition) is 2. The molecule has 0 spiro atoms. The minimum absolute atomic E-state index is 0.759. The van der Waals surface area contributed by atoms with Crippen LogP contribution in [0.15, 0.2) is 24.3 Å². The van der Waals surface area contributed by atoms with Crippen molar-refractivity contribution in [3.63, 3.8) is 0 Å². The van der Waals surface area contributed by atoms with Crippen molar-refractivity contribution in [2.75, 3.05) is 13.3 Å². The molecule has 0 heterocycles. The molecule has 0 aliphatic rings. The van der Waals surface area contributed by atoms with E-state index in [1.54, 1.807) is 7.11 Å². The van der Waals surface area contributed by atoms with E-state index in [0.29, 0.717) is 0 Å². The van der Waals surface area contributed by atoms with E-state index in [1.165, 1.54) is 30.4 Å². The van der Waals surface area contributed by atoms with Crippen molar-refractivity contribution >= 4 is 8.38 Å². The van der Waals surface area contributed by atoms with Crippen molar-refractivity contribution in [1.82, 2.24) is 0 Å². The monoisotopic (exact) mass is 241 g/mol. The number of unbranched alkanes of at least 4 members (excludes halogenated alkanes) is 1. The van der Waals surface area contributed by atoms with Crippen LogP contribution in [-0.4, -0.2) is 18.2 Å². The van der Waals surface area contributed by atoms with Gasteiger partial charge in [0.05, 0.1) is 7.11 Å². The number of benzene rings is 1. The second-order valence-corrected chi connectivity index (χ2v) is 5.71. The molecule has 0 aromatic heterocycles. The highest BCUT2D eigenvalue weighted by Gasteiger charge is 2.09. The highest BCUT2D eigenvalue weighted by molar-refractivity contribution is 7.46. The Labute approximate surface area is 99.6 Å². The third-order valence-corrected chi connectivity index (χ3v) is 3.85. The SMILES string of the molecule is CCCCc1ccc(CC[PH+](O)OC)cc1. The third kappa shape index (κ3) is 5.07. The van der Waals surface area contributed by atoms with Gasteiger partial charge < -0.3 is 0 Å². The Morgan fingerprint density at radius 2 is 1.69 bits per heavy atom. The lowest BCUT2D eigenvalue weighted by molar-refractivity contribution is 0.390. The first-order valence-electron chi connectivity index (χ1n) is 5.93. The Bertz CT molecular complexity index is 284. The molecule has 1 atom stereocenters. The largest absolute Gasteiger partial charge is 0.259 e. The normalized spacial score (nSPS) is 12.7. The first-order chi connectivity index (χ1) is 7.76. The van der Waals surface area contributed by atoms with Crippen molar-refractivity contribution in [3.8, 4) is 0 Å². The fraction of sp³-hybridized carbons (Fsp3) is 0.538. The summed E-state index contributed by atoms with van der Waals surface area (Å²) >= 11 is 0. The average molecular weight is 241 g/mol. The summed E-state index contributed by atoms with van der Waals surface area (Å²) in [6, 6.07) is 8.72. The van der Waals surface area contributed by atoms with Gasteiger partial charge in [-0.2, -0.15) is 0 Å². The summed E-state index contributed by atoms with van der Waals surface area (Å²) in [5.74, 6) is 0. The molecule has 1 aromatic carbocycles. The van der Waals surface area contributed by atoms with Crippen LogP contribution < -0.4 is 0 Å². The summed E-state index contributed by atoms with van der Waals surface area (Å²) in [5.41, 5.74) is 2.70. The molecule has 0 saturated carbocycles. The highest BCUT2D eigenvalue weighted by atomic mass is 31.2. The van der Waals surface area contributed by atoms with E-state index in [2.05, 4.69) is 31.2 Å². The van der Waals surface area contributed by atoms with Crippen molar-refractivity contribution < 1.29 is 9.42 Å². The number of rotatable bonds is 7. The molecule has 0 fully saturated rings. The van der Waals surface area contributed by atoms with Crippen LogP contribution in [-0.2, 0) is 17.4 Å². The van der Waals surface area contributed by atoms with Gasteiger partial charge in [0.2, 0.25) is 0 Å². The predicted octanol–water partition coefficient (Wildman–Crippen LogP) is 3.25. The van der Waals surface area contributed by atoms with Gasteiger partial charge in [0, 0.05) is 6.42 Å². The van der Waals surface area contributed by atoms with Crippen molar-refractivity contribution in [2.45, 2.75) is 32.6 Å². The standard InChI is InChI=1S/C13H21O2P/c1-3-4-5-12-6-8-13(9-7-12)10-11-16(14)15-2/h6-9,14H,3-5,10-11H2,1-2H3/p+1. The summed E-state index contributed by atoms with van der Waals surface area (Å²) in [6.07, 6.45) is 5.34. The van der Waals surface area contributed by atoms with E-state index >= 15 is 0 Å². The fourth-order valence-electron chi connectivity index (χ4n) is 1.61. The van der Waals surface area contributed by atoms with Crippen LogP contribution in [0.25, 0.3) is 0 Å². The summed E-state index contributed by atoms with van der Waals surface area (Å²) in [5, 5.41) is 0. The van der Waals surface area contributed by atoms with Crippen LogP contribution >= 0.6 is 8.38 Å². The third-order valence-electron chi connectivity index (χ3n) is 2.71. The molecule has 90 valence electrons. The van der Waals surface area contributed by atoms with Gasteiger partial charge in [0.25, 0.3) is 8.38 Å². The Morgan fingerprint density at radius 1 is 1.12 bits per heavy atom.